The Morgan fingerprint density at radius 1 is 1.25 bits per heavy atom. The van der Waals surface area contributed by atoms with Crippen molar-refractivity contribution in [2.45, 2.75) is 0 Å². The first-order valence-electron chi connectivity index (χ1n) is 4.82. The van der Waals surface area contributed by atoms with Gasteiger partial charge in [0.2, 0.25) is 0 Å². The zero-order valence-electron chi connectivity index (χ0n) is 8.31. The van der Waals surface area contributed by atoms with Gasteiger partial charge in [0.25, 0.3) is 5.56 Å². The van der Waals surface area contributed by atoms with Crippen molar-refractivity contribution >= 4 is 27.6 Å². The van der Waals surface area contributed by atoms with Crippen LogP contribution in [0.2, 0.25) is 0 Å². The third kappa shape index (κ3) is 1.16. The molecule has 4 heteroatoms. The molecule has 0 spiro atoms. The predicted molar refractivity (Wildman–Crippen MR) is 62.2 cm³/mol. The van der Waals surface area contributed by atoms with Crippen LogP contribution in [0.25, 0.3) is 21.9 Å². The molecule has 0 aliphatic heterocycles. The molecule has 2 heterocycles. The maximum Gasteiger partial charge on any atom is 0.293 e. The number of aromatic nitrogens is 1. The average Bonchev–Trinajstić information content (AvgIpc) is 2.31. The smallest absolute Gasteiger partial charge is 0.293 e. The first-order valence-corrected chi connectivity index (χ1v) is 4.82. The summed E-state index contributed by atoms with van der Waals surface area (Å²) in [5, 5.41) is 1.66. The van der Waals surface area contributed by atoms with Gasteiger partial charge in [-0.1, -0.05) is 0 Å². The summed E-state index contributed by atoms with van der Waals surface area (Å²) >= 11 is 0. The molecule has 0 radical (unpaired) electrons. The van der Waals surface area contributed by atoms with Gasteiger partial charge in [-0.3, -0.25) is 4.79 Å². The van der Waals surface area contributed by atoms with Crippen LogP contribution in [0.3, 0.4) is 0 Å². The lowest BCUT2D eigenvalue weighted by atomic mass is 10.1. The van der Waals surface area contributed by atoms with Crippen LogP contribution in [0.1, 0.15) is 0 Å². The van der Waals surface area contributed by atoms with Gasteiger partial charge in [-0.15, -0.1) is 0 Å². The molecule has 0 bridgehead atoms. The lowest BCUT2D eigenvalue weighted by Crippen LogP contribution is -2.10. The molecule has 3 aromatic rings. The van der Waals surface area contributed by atoms with Crippen LogP contribution in [0.4, 0.5) is 5.69 Å². The van der Waals surface area contributed by atoms with Crippen LogP contribution >= 0.6 is 0 Å². The second-order valence-electron chi connectivity index (χ2n) is 3.54. The van der Waals surface area contributed by atoms with Gasteiger partial charge in [0, 0.05) is 10.8 Å². The van der Waals surface area contributed by atoms with Crippen LogP contribution in [0.15, 0.2) is 45.8 Å². The molecule has 0 saturated heterocycles. The molecule has 3 rings (SSSR count). The van der Waals surface area contributed by atoms with Crippen molar-refractivity contribution in [3.8, 4) is 0 Å². The predicted octanol–water partition coefficient (Wildman–Crippen LogP) is 1.92. The van der Waals surface area contributed by atoms with Crippen molar-refractivity contribution in [3.05, 3.63) is 46.9 Å². The first-order chi connectivity index (χ1) is 7.75. The van der Waals surface area contributed by atoms with Gasteiger partial charge in [0.05, 0.1) is 11.8 Å². The number of rotatable bonds is 0. The third-order valence-electron chi connectivity index (χ3n) is 2.52. The maximum atomic E-state index is 11.4. The van der Waals surface area contributed by atoms with Crippen molar-refractivity contribution in [2.24, 2.45) is 0 Å². The molecular formula is C12H8N2O2. The first kappa shape index (κ1) is 8.91. The number of hydrogen-bond donors (Lipinski definition) is 1. The van der Waals surface area contributed by atoms with Gasteiger partial charge >= 0.3 is 0 Å². The standard InChI is InChI=1S/C12H8N2O2/c13-9-6-7-3-4-10-8(2-1-5-16-10)11(7)14-12(9)15/h1-6H,13H2. The number of nitrogen functional groups attached to an aromatic ring is 1. The fourth-order valence-electron chi connectivity index (χ4n) is 1.75. The Bertz CT molecular complexity index is 747. The lowest BCUT2D eigenvalue weighted by molar-refractivity contribution is 0.604. The number of benzene rings is 1. The average molecular weight is 212 g/mol. The molecule has 0 fully saturated rings. The summed E-state index contributed by atoms with van der Waals surface area (Å²) in [6.45, 7) is 0. The van der Waals surface area contributed by atoms with E-state index >= 15 is 0 Å². The number of fused-ring (bicyclic) bond motifs is 3. The van der Waals surface area contributed by atoms with E-state index in [0.717, 1.165) is 10.8 Å². The van der Waals surface area contributed by atoms with Crippen molar-refractivity contribution in [1.82, 2.24) is 4.98 Å². The quantitative estimate of drug-likeness (QED) is 0.578. The van der Waals surface area contributed by atoms with E-state index in [2.05, 4.69) is 4.98 Å². The van der Waals surface area contributed by atoms with Gasteiger partial charge < -0.3 is 10.2 Å². The highest BCUT2D eigenvalue weighted by Crippen LogP contribution is 2.23. The molecule has 78 valence electrons. The Balaban J connectivity index is 2.60. The SMILES string of the molecule is Nc1cc2ccc3occcc3c2nc1=O. The highest BCUT2D eigenvalue weighted by molar-refractivity contribution is 6.03. The molecule has 2 aromatic heterocycles. The number of anilines is 1. The second-order valence-corrected chi connectivity index (χ2v) is 3.54. The highest BCUT2D eigenvalue weighted by Gasteiger charge is 2.05. The minimum absolute atomic E-state index is 0.166. The summed E-state index contributed by atoms with van der Waals surface area (Å²) in [5.41, 5.74) is 6.63. The Labute approximate surface area is 90.3 Å². The van der Waals surface area contributed by atoms with Gasteiger partial charge in [0.1, 0.15) is 11.3 Å². The molecule has 0 saturated carbocycles. The third-order valence-corrected chi connectivity index (χ3v) is 2.52. The normalized spacial score (nSPS) is 11.0. The molecule has 0 aliphatic rings. The van der Waals surface area contributed by atoms with Crippen LogP contribution in [0.5, 0.6) is 0 Å². The van der Waals surface area contributed by atoms with Crippen molar-refractivity contribution in [3.63, 3.8) is 0 Å². The van der Waals surface area contributed by atoms with Gasteiger partial charge in [-0.2, -0.15) is 0 Å². The van der Waals surface area contributed by atoms with E-state index in [1.807, 2.05) is 18.2 Å². The largest absolute Gasteiger partial charge is 0.464 e. The highest BCUT2D eigenvalue weighted by atomic mass is 16.3. The van der Waals surface area contributed by atoms with Crippen molar-refractivity contribution in [2.75, 3.05) is 5.73 Å². The van der Waals surface area contributed by atoms with Crippen molar-refractivity contribution in [1.29, 1.82) is 0 Å². The zero-order chi connectivity index (χ0) is 11.1. The topological polar surface area (TPSA) is 69.1 Å². The molecule has 0 atom stereocenters. The molecule has 0 unspecified atom stereocenters. The number of pyridine rings is 1. The summed E-state index contributed by atoms with van der Waals surface area (Å²) in [6, 6.07) is 8.94. The number of nitrogens with two attached hydrogens (primary N) is 1. The fraction of sp³-hybridized carbons (Fsp3) is 0. The Kier molecular flexibility index (Phi) is 1.71. The number of nitrogens with zero attached hydrogens (tertiary/aromatic N) is 1. The summed E-state index contributed by atoms with van der Waals surface area (Å²) < 4.78 is 5.32. The maximum absolute atomic E-state index is 11.4. The van der Waals surface area contributed by atoms with Crippen LogP contribution < -0.4 is 11.3 Å². The summed E-state index contributed by atoms with van der Waals surface area (Å²) in [7, 11) is 0. The minimum Gasteiger partial charge on any atom is -0.464 e. The summed E-state index contributed by atoms with van der Waals surface area (Å²) in [4.78, 5) is 15.4. The molecule has 1 aromatic carbocycles. The van der Waals surface area contributed by atoms with E-state index in [0.29, 0.717) is 11.1 Å². The fourth-order valence-corrected chi connectivity index (χ4v) is 1.75. The molecular weight excluding hydrogens is 204 g/mol. The number of hydrogen-bond acceptors (Lipinski definition) is 4. The Hall–Kier alpha value is -2.36. The molecule has 0 aliphatic carbocycles. The van der Waals surface area contributed by atoms with E-state index in [-0.39, 0.29) is 5.69 Å². The van der Waals surface area contributed by atoms with Crippen molar-refractivity contribution < 1.29 is 4.42 Å². The molecule has 4 nitrogen and oxygen atoms in total. The van der Waals surface area contributed by atoms with Gasteiger partial charge in [-0.05, 0) is 30.3 Å². The second kappa shape index (κ2) is 3.06. The van der Waals surface area contributed by atoms with E-state index < -0.39 is 5.56 Å². The molecule has 0 amide bonds. The monoisotopic (exact) mass is 212 g/mol. The van der Waals surface area contributed by atoms with Crippen LogP contribution in [-0.2, 0) is 0 Å². The molecule has 16 heavy (non-hydrogen) atoms. The van der Waals surface area contributed by atoms with Crippen LogP contribution in [-0.4, -0.2) is 4.98 Å². The van der Waals surface area contributed by atoms with E-state index in [1.54, 1.807) is 18.4 Å². The summed E-state index contributed by atoms with van der Waals surface area (Å²) in [5.74, 6) is 0. The van der Waals surface area contributed by atoms with E-state index in [4.69, 9.17) is 10.2 Å². The Morgan fingerprint density at radius 2 is 2.12 bits per heavy atom. The molecule has 2 N–H and O–H groups in total. The van der Waals surface area contributed by atoms with E-state index in [1.165, 1.54) is 0 Å². The Morgan fingerprint density at radius 3 is 3.00 bits per heavy atom. The van der Waals surface area contributed by atoms with Crippen LogP contribution in [0, 0.1) is 0 Å². The summed E-state index contributed by atoms with van der Waals surface area (Å²) in [6.07, 6.45) is 1.59. The van der Waals surface area contributed by atoms with E-state index in [9.17, 15) is 4.79 Å². The lowest BCUT2D eigenvalue weighted by Gasteiger charge is -2.01. The zero-order valence-corrected chi connectivity index (χ0v) is 8.31. The minimum atomic E-state index is -0.399. The van der Waals surface area contributed by atoms with Gasteiger partial charge in [-0.25, -0.2) is 4.98 Å². The van der Waals surface area contributed by atoms with Gasteiger partial charge in [0.15, 0.2) is 0 Å².